The van der Waals surface area contributed by atoms with E-state index in [1.807, 2.05) is 12.3 Å². The molecule has 0 aliphatic rings. The van der Waals surface area contributed by atoms with Gasteiger partial charge in [0.1, 0.15) is 0 Å². The molecular formula is C15H16F4N4S. The maximum atomic E-state index is 13.7. The normalized spacial score (nSPS) is 11.7. The summed E-state index contributed by atoms with van der Waals surface area (Å²) in [6.07, 6.45) is 0. The lowest BCUT2D eigenvalue weighted by molar-refractivity contribution is 0.431. The van der Waals surface area contributed by atoms with Crippen molar-refractivity contribution in [2.45, 2.75) is 20.0 Å². The van der Waals surface area contributed by atoms with Gasteiger partial charge in [0.2, 0.25) is 0 Å². The number of hydrogen-bond acceptors (Lipinski definition) is 3. The molecule has 0 saturated carbocycles. The van der Waals surface area contributed by atoms with E-state index in [2.05, 4.69) is 15.3 Å². The Morgan fingerprint density at radius 2 is 1.88 bits per heavy atom. The molecule has 0 spiro atoms. The van der Waals surface area contributed by atoms with Crippen molar-refractivity contribution >= 4 is 17.3 Å². The first-order chi connectivity index (χ1) is 11.3. The van der Waals surface area contributed by atoms with Gasteiger partial charge in [-0.2, -0.15) is 0 Å². The van der Waals surface area contributed by atoms with Gasteiger partial charge in [-0.3, -0.25) is 4.99 Å². The average Bonchev–Trinajstić information content (AvgIpc) is 2.93. The van der Waals surface area contributed by atoms with Crippen LogP contribution in [0.3, 0.4) is 0 Å². The van der Waals surface area contributed by atoms with Crippen LogP contribution in [-0.4, -0.2) is 29.9 Å². The monoisotopic (exact) mass is 360 g/mol. The van der Waals surface area contributed by atoms with E-state index in [1.165, 1.54) is 18.4 Å². The van der Waals surface area contributed by atoms with Crippen molar-refractivity contribution in [3.63, 3.8) is 0 Å². The summed E-state index contributed by atoms with van der Waals surface area (Å²) in [5.74, 6) is -5.41. The Morgan fingerprint density at radius 3 is 2.38 bits per heavy atom. The number of hydrogen-bond donors (Lipinski definition) is 1. The quantitative estimate of drug-likeness (QED) is 0.394. The van der Waals surface area contributed by atoms with Gasteiger partial charge in [0.15, 0.2) is 29.2 Å². The predicted molar refractivity (Wildman–Crippen MR) is 84.8 cm³/mol. The summed E-state index contributed by atoms with van der Waals surface area (Å²) < 4.78 is 53.8. The molecule has 1 N–H and O–H groups in total. The minimum absolute atomic E-state index is 0.180. The van der Waals surface area contributed by atoms with E-state index in [9.17, 15) is 17.6 Å². The lowest BCUT2D eigenvalue weighted by Gasteiger charge is -2.21. The predicted octanol–water partition coefficient (Wildman–Crippen LogP) is 3.22. The number of guanidine groups is 1. The van der Waals surface area contributed by atoms with Gasteiger partial charge < -0.3 is 10.2 Å². The molecule has 130 valence electrons. The lowest BCUT2D eigenvalue weighted by atomic mass is 10.2. The van der Waals surface area contributed by atoms with Crippen molar-refractivity contribution in [3.05, 3.63) is 51.0 Å². The Balaban J connectivity index is 2.09. The first kappa shape index (κ1) is 18.2. The van der Waals surface area contributed by atoms with Gasteiger partial charge in [-0.05, 0) is 6.92 Å². The van der Waals surface area contributed by atoms with Gasteiger partial charge >= 0.3 is 0 Å². The van der Waals surface area contributed by atoms with Crippen LogP contribution in [0.5, 0.6) is 0 Å². The third-order valence-corrected chi connectivity index (χ3v) is 4.09. The highest BCUT2D eigenvalue weighted by Crippen LogP contribution is 2.19. The standard InChI is InChI=1S/C15H16F4N4S/c1-8-22-9(7-24-8)6-23(3)15(20-2)21-5-10-13(18)11(16)4-12(17)14(10)19/h4,7H,5-6H2,1-3H3,(H,20,21). The zero-order valence-corrected chi connectivity index (χ0v) is 14.1. The largest absolute Gasteiger partial charge is 0.352 e. The minimum atomic E-state index is -1.44. The zero-order valence-electron chi connectivity index (χ0n) is 13.3. The molecule has 1 heterocycles. The van der Waals surface area contributed by atoms with Crippen LogP contribution in [0.15, 0.2) is 16.4 Å². The van der Waals surface area contributed by atoms with Crippen molar-refractivity contribution in [2.24, 2.45) is 4.99 Å². The molecule has 0 aliphatic heterocycles. The van der Waals surface area contributed by atoms with Crippen LogP contribution in [0.4, 0.5) is 17.6 Å². The van der Waals surface area contributed by atoms with E-state index in [1.54, 1.807) is 11.9 Å². The summed E-state index contributed by atoms with van der Waals surface area (Å²) in [5.41, 5.74) is 0.101. The number of benzene rings is 1. The summed E-state index contributed by atoms with van der Waals surface area (Å²) in [6.45, 7) is 1.86. The summed E-state index contributed by atoms with van der Waals surface area (Å²) in [6, 6.07) is 0.180. The van der Waals surface area contributed by atoms with Crippen molar-refractivity contribution in [3.8, 4) is 0 Å². The lowest BCUT2D eigenvalue weighted by Crippen LogP contribution is -2.38. The van der Waals surface area contributed by atoms with Crippen molar-refractivity contribution in [1.82, 2.24) is 15.2 Å². The van der Waals surface area contributed by atoms with Crippen LogP contribution in [-0.2, 0) is 13.1 Å². The van der Waals surface area contributed by atoms with Gasteiger partial charge in [-0.25, -0.2) is 22.5 Å². The third-order valence-electron chi connectivity index (χ3n) is 3.27. The second-order valence-corrected chi connectivity index (χ2v) is 6.12. The van der Waals surface area contributed by atoms with Gasteiger partial charge in [-0.1, -0.05) is 0 Å². The zero-order chi connectivity index (χ0) is 17.9. The molecule has 0 radical (unpaired) electrons. The highest BCUT2D eigenvalue weighted by molar-refractivity contribution is 7.09. The first-order valence-corrected chi connectivity index (χ1v) is 7.86. The minimum Gasteiger partial charge on any atom is -0.352 e. The Labute approximate surface area is 140 Å². The molecule has 1 aromatic heterocycles. The fourth-order valence-electron chi connectivity index (χ4n) is 2.13. The van der Waals surface area contributed by atoms with E-state index in [4.69, 9.17) is 0 Å². The number of thiazole rings is 1. The molecule has 1 aromatic carbocycles. The maximum absolute atomic E-state index is 13.7. The van der Waals surface area contributed by atoms with E-state index < -0.39 is 35.4 Å². The number of rotatable bonds is 4. The van der Waals surface area contributed by atoms with Crippen LogP contribution in [0.1, 0.15) is 16.3 Å². The molecule has 0 fully saturated rings. The molecule has 0 bridgehead atoms. The molecule has 24 heavy (non-hydrogen) atoms. The fourth-order valence-corrected chi connectivity index (χ4v) is 2.73. The number of aryl methyl sites for hydroxylation is 1. The number of halogens is 4. The maximum Gasteiger partial charge on any atom is 0.194 e. The number of nitrogens with zero attached hydrogens (tertiary/aromatic N) is 3. The average molecular weight is 360 g/mol. The topological polar surface area (TPSA) is 40.5 Å². The molecule has 4 nitrogen and oxygen atoms in total. The van der Waals surface area contributed by atoms with Crippen molar-refractivity contribution < 1.29 is 17.6 Å². The molecule has 0 aliphatic carbocycles. The smallest absolute Gasteiger partial charge is 0.194 e. The van der Waals surface area contributed by atoms with E-state index in [0.29, 0.717) is 12.5 Å². The van der Waals surface area contributed by atoms with E-state index >= 15 is 0 Å². The molecule has 0 saturated heterocycles. The fraction of sp³-hybridized carbons (Fsp3) is 0.333. The van der Waals surface area contributed by atoms with Crippen LogP contribution >= 0.6 is 11.3 Å². The second-order valence-electron chi connectivity index (χ2n) is 5.06. The van der Waals surface area contributed by atoms with Gasteiger partial charge in [-0.15, -0.1) is 11.3 Å². The summed E-state index contributed by atoms with van der Waals surface area (Å²) in [5, 5.41) is 5.49. The van der Waals surface area contributed by atoms with Crippen molar-refractivity contribution in [1.29, 1.82) is 0 Å². The molecule has 2 rings (SSSR count). The third kappa shape index (κ3) is 4.02. The number of nitrogens with one attached hydrogen (secondary N) is 1. The first-order valence-electron chi connectivity index (χ1n) is 6.98. The molecule has 2 aromatic rings. The molecule has 0 amide bonds. The second kappa shape index (κ2) is 7.61. The highest BCUT2D eigenvalue weighted by Gasteiger charge is 2.19. The van der Waals surface area contributed by atoms with Crippen LogP contribution < -0.4 is 5.32 Å². The summed E-state index contributed by atoms with van der Waals surface area (Å²) >= 11 is 1.50. The number of aliphatic imine (C=N–C) groups is 1. The van der Waals surface area contributed by atoms with Gasteiger partial charge in [0, 0.05) is 37.6 Å². The SMILES string of the molecule is CN=C(NCc1c(F)c(F)cc(F)c1F)N(C)Cc1csc(C)n1. The van der Waals surface area contributed by atoms with Crippen LogP contribution in [0.25, 0.3) is 0 Å². The molecule has 9 heteroatoms. The molecular weight excluding hydrogens is 344 g/mol. The van der Waals surface area contributed by atoms with Crippen LogP contribution in [0.2, 0.25) is 0 Å². The highest BCUT2D eigenvalue weighted by atomic mass is 32.1. The summed E-state index contributed by atoms with van der Waals surface area (Å²) in [7, 11) is 3.20. The Bertz CT molecular complexity index is 734. The Kier molecular flexibility index (Phi) is 5.76. The Hall–Kier alpha value is -2.16. The molecule has 0 unspecified atom stereocenters. The van der Waals surface area contributed by atoms with Crippen molar-refractivity contribution in [2.75, 3.05) is 14.1 Å². The molecule has 0 atom stereocenters. The van der Waals surface area contributed by atoms with E-state index in [-0.39, 0.29) is 6.07 Å². The van der Waals surface area contributed by atoms with Gasteiger partial charge in [0.05, 0.1) is 17.2 Å². The summed E-state index contributed by atoms with van der Waals surface area (Å²) in [4.78, 5) is 9.98. The Morgan fingerprint density at radius 1 is 1.25 bits per heavy atom. The van der Waals surface area contributed by atoms with E-state index in [0.717, 1.165) is 10.7 Å². The van der Waals surface area contributed by atoms with Gasteiger partial charge in [0.25, 0.3) is 0 Å². The van der Waals surface area contributed by atoms with Crippen LogP contribution in [0, 0.1) is 30.2 Å². The number of aromatic nitrogens is 1.